The molecule has 1 aliphatic carbocycles. The first kappa shape index (κ1) is 14.5. The fourth-order valence-electron chi connectivity index (χ4n) is 3.13. The van der Waals surface area contributed by atoms with Gasteiger partial charge < -0.3 is 5.32 Å². The Balaban J connectivity index is 1.80. The molecule has 1 N–H and O–H groups in total. The van der Waals surface area contributed by atoms with Crippen LogP contribution < -0.4 is 5.32 Å². The molecule has 2 heteroatoms. The van der Waals surface area contributed by atoms with Crippen LogP contribution >= 0.6 is 0 Å². The lowest BCUT2D eigenvalue weighted by molar-refractivity contribution is 0.213. The molecule has 106 valence electrons. The molecule has 1 aromatic rings. The number of hydrogen-bond donors (Lipinski definition) is 1. The van der Waals surface area contributed by atoms with Crippen molar-refractivity contribution in [3.63, 3.8) is 0 Å². The predicted octanol–water partition coefficient (Wildman–Crippen LogP) is 4.17. The summed E-state index contributed by atoms with van der Waals surface area (Å²) in [5.41, 5.74) is 1.81. The topological polar surface area (TPSA) is 24.9 Å². The molecular formula is C17H28N2. The van der Waals surface area contributed by atoms with Crippen LogP contribution in [-0.2, 0) is 6.54 Å². The summed E-state index contributed by atoms with van der Waals surface area (Å²) in [6.07, 6.45) is 10.6. The zero-order chi connectivity index (χ0) is 13.7. The lowest BCUT2D eigenvalue weighted by atomic mass is 9.76. The highest BCUT2D eigenvalue weighted by molar-refractivity contribution is 5.09. The van der Waals surface area contributed by atoms with Gasteiger partial charge >= 0.3 is 0 Å². The van der Waals surface area contributed by atoms with Gasteiger partial charge in [0.1, 0.15) is 0 Å². The predicted molar refractivity (Wildman–Crippen MR) is 80.9 cm³/mol. The molecule has 2 nitrogen and oxygen atoms in total. The summed E-state index contributed by atoms with van der Waals surface area (Å²) in [7, 11) is 0. The standard InChI is InChI=1S/C17H28N2/c1-17(2,3)15-5-4-6-16(8-7-15)19-13-14-9-11-18-12-10-14/h9-12,15-16,19H,4-8,13H2,1-3H3. The number of nitrogens with zero attached hydrogens (tertiary/aromatic N) is 1. The fraction of sp³-hybridized carbons (Fsp3) is 0.706. The van der Waals surface area contributed by atoms with E-state index in [1.807, 2.05) is 12.4 Å². The van der Waals surface area contributed by atoms with E-state index in [0.717, 1.165) is 12.5 Å². The second-order valence-electron chi connectivity index (χ2n) is 7.00. The van der Waals surface area contributed by atoms with E-state index in [0.29, 0.717) is 11.5 Å². The van der Waals surface area contributed by atoms with Gasteiger partial charge in [-0.25, -0.2) is 0 Å². The van der Waals surface area contributed by atoms with Gasteiger partial charge in [-0.05, 0) is 54.7 Å². The van der Waals surface area contributed by atoms with Crippen LogP contribution in [0.1, 0.15) is 58.4 Å². The van der Waals surface area contributed by atoms with E-state index in [1.165, 1.54) is 37.7 Å². The first-order valence-corrected chi connectivity index (χ1v) is 7.68. The minimum Gasteiger partial charge on any atom is -0.310 e. The summed E-state index contributed by atoms with van der Waals surface area (Å²) in [6, 6.07) is 4.89. The van der Waals surface area contributed by atoms with Crippen molar-refractivity contribution in [2.45, 2.75) is 65.5 Å². The fourth-order valence-corrected chi connectivity index (χ4v) is 3.13. The van der Waals surface area contributed by atoms with Crippen LogP contribution in [0.5, 0.6) is 0 Å². The van der Waals surface area contributed by atoms with Gasteiger partial charge in [-0.3, -0.25) is 4.98 Å². The summed E-state index contributed by atoms with van der Waals surface area (Å²) >= 11 is 0. The SMILES string of the molecule is CC(C)(C)C1CCCC(NCc2ccncc2)CC1. The van der Waals surface area contributed by atoms with Crippen molar-refractivity contribution in [1.29, 1.82) is 0 Å². The van der Waals surface area contributed by atoms with Gasteiger partial charge in [0.2, 0.25) is 0 Å². The smallest absolute Gasteiger partial charge is 0.0271 e. The van der Waals surface area contributed by atoms with Crippen molar-refractivity contribution < 1.29 is 0 Å². The van der Waals surface area contributed by atoms with E-state index in [4.69, 9.17) is 0 Å². The number of rotatable bonds is 3. The van der Waals surface area contributed by atoms with Crippen LogP contribution in [0, 0.1) is 11.3 Å². The Morgan fingerprint density at radius 2 is 1.84 bits per heavy atom. The minimum atomic E-state index is 0.472. The molecule has 0 radical (unpaired) electrons. The average Bonchev–Trinajstić information content (AvgIpc) is 2.62. The summed E-state index contributed by atoms with van der Waals surface area (Å²) < 4.78 is 0. The Kier molecular flexibility index (Phi) is 4.98. The molecule has 2 rings (SSSR count). The van der Waals surface area contributed by atoms with E-state index in [-0.39, 0.29) is 0 Å². The molecule has 1 fully saturated rings. The monoisotopic (exact) mass is 260 g/mol. The highest BCUT2D eigenvalue weighted by atomic mass is 14.9. The van der Waals surface area contributed by atoms with Crippen molar-refractivity contribution in [3.05, 3.63) is 30.1 Å². The maximum Gasteiger partial charge on any atom is 0.0271 e. The van der Waals surface area contributed by atoms with Crippen LogP contribution in [-0.4, -0.2) is 11.0 Å². The molecule has 2 atom stereocenters. The molecule has 1 aliphatic rings. The number of aromatic nitrogens is 1. The number of nitrogens with one attached hydrogen (secondary N) is 1. The third kappa shape index (κ3) is 4.61. The van der Waals surface area contributed by atoms with Crippen LogP contribution in [0.2, 0.25) is 0 Å². The molecule has 0 amide bonds. The van der Waals surface area contributed by atoms with Gasteiger partial charge in [-0.2, -0.15) is 0 Å². The molecule has 1 heterocycles. The van der Waals surface area contributed by atoms with E-state index < -0.39 is 0 Å². The van der Waals surface area contributed by atoms with Crippen molar-refractivity contribution in [2.75, 3.05) is 0 Å². The molecule has 0 spiro atoms. The molecule has 0 aliphatic heterocycles. The Bertz CT molecular complexity index is 367. The van der Waals surface area contributed by atoms with Crippen LogP contribution in [0.4, 0.5) is 0 Å². The highest BCUT2D eigenvalue weighted by Gasteiger charge is 2.27. The van der Waals surface area contributed by atoms with Gasteiger partial charge in [0, 0.05) is 25.0 Å². The van der Waals surface area contributed by atoms with Crippen molar-refractivity contribution >= 4 is 0 Å². The Labute approximate surface area is 118 Å². The normalized spacial score (nSPS) is 25.0. The van der Waals surface area contributed by atoms with Crippen LogP contribution in [0.25, 0.3) is 0 Å². The zero-order valence-electron chi connectivity index (χ0n) is 12.7. The van der Waals surface area contributed by atoms with Gasteiger partial charge in [-0.15, -0.1) is 0 Å². The molecule has 0 bridgehead atoms. The van der Waals surface area contributed by atoms with E-state index in [9.17, 15) is 0 Å². The van der Waals surface area contributed by atoms with Crippen LogP contribution in [0.3, 0.4) is 0 Å². The lowest BCUT2D eigenvalue weighted by Crippen LogP contribution is -2.28. The van der Waals surface area contributed by atoms with E-state index >= 15 is 0 Å². The van der Waals surface area contributed by atoms with E-state index in [2.05, 4.69) is 43.2 Å². The second-order valence-corrected chi connectivity index (χ2v) is 7.00. The van der Waals surface area contributed by atoms with Crippen molar-refractivity contribution in [3.8, 4) is 0 Å². The second kappa shape index (κ2) is 6.51. The first-order valence-electron chi connectivity index (χ1n) is 7.68. The molecule has 1 saturated carbocycles. The Morgan fingerprint density at radius 1 is 1.11 bits per heavy atom. The summed E-state index contributed by atoms with van der Waals surface area (Å²) in [5, 5.41) is 3.72. The molecule has 2 unspecified atom stereocenters. The van der Waals surface area contributed by atoms with Gasteiger partial charge in [0.25, 0.3) is 0 Å². The minimum absolute atomic E-state index is 0.472. The molecule has 0 saturated heterocycles. The maximum atomic E-state index is 4.06. The van der Waals surface area contributed by atoms with Gasteiger partial charge in [0.05, 0.1) is 0 Å². The molecular weight excluding hydrogens is 232 g/mol. The summed E-state index contributed by atoms with van der Waals surface area (Å²) in [5.74, 6) is 0.889. The molecule has 1 aromatic heterocycles. The quantitative estimate of drug-likeness (QED) is 0.825. The Hall–Kier alpha value is -0.890. The van der Waals surface area contributed by atoms with Gasteiger partial charge in [-0.1, -0.05) is 27.2 Å². The Morgan fingerprint density at radius 3 is 2.53 bits per heavy atom. The summed E-state index contributed by atoms with van der Waals surface area (Å²) in [4.78, 5) is 4.06. The third-order valence-corrected chi connectivity index (χ3v) is 4.54. The maximum absolute atomic E-state index is 4.06. The summed E-state index contributed by atoms with van der Waals surface area (Å²) in [6.45, 7) is 8.15. The van der Waals surface area contributed by atoms with Gasteiger partial charge in [0.15, 0.2) is 0 Å². The average molecular weight is 260 g/mol. The number of pyridine rings is 1. The highest BCUT2D eigenvalue weighted by Crippen LogP contribution is 2.36. The molecule has 19 heavy (non-hydrogen) atoms. The van der Waals surface area contributed by atoms with Crippen molar-refractivity contribution in [2.24, 2.45) is 11.3 Å². The number of hydrogen-bond acceptors (Lipinski definition) is 2. The zero-order valence-corrected chi connectivity index (χ0v) is 12.7. The largest absolute Gasteiger partial charge is 0.310 e. The lowest BCUT2D eigenvalue weighted by Gasteiger charge is -2.29. The molecule has 0 aromatic carbocycles. The first-order chi connectivity index (χ1) is 9.05. The van der Waals surface area contributed by atoms with Crippen LogP contribution in [0.15, 0.2) is 24.5 Å². The van der Waals surface area contributed by atoms with E-state index in [1.54, 1.807) is 0 Å². The van der Waals surface area contributed by atoms with Crippen molar-refractivity contribution in [1.82, 2.24) is 10.3 Å². The third-order valence-electron chi connectivity index (χ3n) is 4.54.